The Hall–Kier alpha value is -0.0800. The first kappa shape index (κ1) is 12.6. The van der Waals surface area contributed by atoms with Gasteiger partial charge in [0.05, 0.1) is 6.10 Å². The van der Waals surface area contributed by atoms with Crippen molar-refractivity contribution in [3.05, 3.63) is 0 Å². The van der Waals surface area contributed by atoms with Crippen LogP contribution in [0.5, 0.6) is 0 Å². The van der Waals surface area contributed by atoms with Crippen LogP contribution in [0.2, 0.25) is 0 Å². The summed E-state index contributed by atoms with van der Waals surface area (Å²) in [5, 5.41) is 14.5. The molecule has 0 aromatic heterocycles. The van der Waals surface area contributed by atoms with Gasteiger partial charge in [-0.1, -0.05) is 12.8 Å². The molecule has 0 spiro atoms. The van der Waals surface area contributed by atoms with Gasteiger partial charge in [-0.05, 0) is 74.5 Å². The molecule has 0 radical (unpaired) electrons. The number of aliphatic hydroxyl groups excluding tert-OH is 1. The molecule has 1 atom stereocenters. The van der Waals surface area contributed by atoms with Gasteiger partial charge in [0.25, 0.3) is 0 Å². The highest BCUT2D eigenvalue weighted by molar-refractivity contribution is 5.04. The van der Waals surface area contributed by atoms with Crippen LogP contribution >= 0.6 is 0 Å². The van der Waals surface area contributed by atoms with E-state index in [1.165, 1.54) is 64.2 Å². The molecular weight excluding hydrogens is 234 g/mol. The summed E-state index contributed by atoms with van der Waals surface area (Å²) in [6.07, 6.45) is 13.7. The van der Waals surface area contributed by atoms with Gasteiger partial charge in [0, 0.05) is 12.6 Å². The van der Waals surface area contributed by atoms with Crippen LogP contribution in [0.25, 0.3) is 0 Å². The zero-order valence-corrected chi connectivity index (χ0v) is 12.1. The van der Waals surface area contributed by atoms with Gasteiger partial charge in [0.1, 0.15) is 0 Å². The van der Waals surface area contributed by atoms with E-state index in [1.54, 1.807) is 0 Å². The van der Waals surface area contributed by atoms with Gasteiger partial charge in [0.15, 0.2) is 0 Å². The largest absolute Gasteiger partial charge is 0.391 e. The van der Waals surface area contributed by atoms with Crippen molar-refractivity contribution in [2.75, 3.05) is 6.54 Å². The normalized spacial score (nSPS) is 46.9. The molecule has 108 valence electrons. The summed E-state index contributed by atoms with van der Waals surface area (Å²) in [5.41, 5.74) is 0.306. The highest BCUT2D eigenvalue weighted by atomic mass is 16.3. The molecule has 2 heteroatoms. The van der Waals surface area contributed by atoms with E-state index in [1.807, 2.05) is 0 Å². The maximum Gasteiger partial charge on any atom is 0.0721 e. The summed E-state index contributed by atoms with van der Waals surface area (Å²) in [7, 11) is 0. The lowest BCUT2D eigenvalue weighted by Gasteiger charge is -2.58. The minimum absolute atomic E-state index is 0.0819. The maximum absolute atomic E-state index is 10.8. The van der Waals surface area contributed by atoms with E-state index in [9.17, 15) is 5.11 Å². The van der Waals surface area contributed by atoms with E-state index >= 15 is 0 Å². The number of hydrogen-bond acceptors (Lipinski definition) is 2. The molecule has 4 bridgehead atoms. The molecule has 19 heavy (non-hydrogen) atoms. The molecule has 5 aliphatic carbocycles. The molecule has 2 N–H and O–H groups in total. The van der Waals surface area contributed by atoms with Crippen molar-refractivity contribution in [1.29, 1.82) is 0 Å². The van der Waals surface area contributed by atoms with Crippen LogP contribution in [-0.2, 0) is 0 Å². The van der Waals surface area contributed by atoms with Gasteiger partial charge in [-0.15, -0.1) is 0 Å². The van der Waals surface area contributed by atoms with Crippen molar-refractivity contribution < 1.29 is 5.11 Å². The highest BCUT2D eigenvalue weighted by Gasteiger charge is 2.53. The number of hydrogen-bond donors (Lipinski definition) is 2. The monoisotopic (exact) mass is 263 g/mol. The van der Waals surface area contributed by atoms with Crippen molar-refractivity contribution in [3.63, 3.8) is 0 Å². The topological polar surface area (TPSA) is 32.3 Å². The molecule has 0 heterocycles. The van der Waals surface area contributed by atoms with Crippen LogP contribution in [0.15, 0.2) is 0 Å². The van der Waals surface area contributed by atoms with Crippen molar-refractivity contribution in [2.45, 2.75) is 76.4 Å². The van der Waals surface area contributed by atoms with Crippen LogP contribution in [0.3, 0.4) is 0 Å². The van der Waals surface area contributed by atoms with Gasteiger partial charge >= 0.3 is 0 Å². The first-order chi connectivity index (χ1) is 9.23. The summed E-state index contributed by atoms with van der Waals surface area (Å²) in [6, 6.07) is 0.698. The SMILES string of the molecule is OC(CNC1CCCC1)C12CC3CC(CC(C3)C1)C2. The van der Waals surface area contributed by atoms with E-state index in [-0.39, 0.29) is 6.10 Å². The molecule has 5 saturated carbocycles. The molecule has 0 amide bonds. The second-order valence-corrected chi connectivity index (χ2v) is 8.19. The lowest BCUT2D eigenvalue weighted by molar-refractivity contribution is -0.119. The quantitative estimate of drug-likeness (QED) is 0.817. The summed E-state index contributed by atoms with van der Waals surface area (Å²) >= 11 is 0. The molecule has 0 aromatic rings. The highest BCUT2D eigenvalue weighted by Crippen LogP contribution is 2.61. The third-order valence-corrected chi connectivity index (χ3v) is 6.75. The van der Waals surface area contributed by atoms with Crippen LogP contribution in [0.4, 0.5) is 0 Å². The zero-order valence-electron chi connectivity index (χ0n) is 12.1. The van der Waals surface area contributed by atoms with E-state index in [2.05, 4.69) is 5.32 Å². The third-order valence-electron chi connectivity index (χ3n) is 6.75. The summed E-state index contributed by atoms with van der Waals surface area (Å²) < 4.78 is 0. The predicted molar refractivity (Wildman–Crippen MR) is 76.9 cm³/mol. The second-order valence-electron chi connectivity index (χ2n) is 8.19. The lowest BCUT2D eigenvalue weighted by Crippen LogP contribution is -2.54. The van der Waals surface area contributed by atoms with Crippen LogP contribution in [0.1, 0.15) is 64.2 Å². The Kier molecular flexibility index (Phi) is 3.15. The van der Waals surface area contributed by atoms with Gasteiger partial charge in [-0.25, -0.2) is 0 Å². The Balaban J connectivity index is 1.40. The van der Waals surface area contributed by atoms with Gasteiger partial charge in [-0.2, -0.15) is 0 Å². The van der Waals surface area contributed by atoms with E-state index in [4.69, 9.17) is 0 Å². The van der Waals surface area contributed by atoms with Crippen LogP contribution in [-0.4, -0.2) is 23.8 Å². The molecule has 0 saturated heterocycles. The summed E-state index contributed by atoms with van der Waals surface area (Å²) in [6.45, 7) is 0.858. The Labute approximate surface area is 117 Å². The molecule has 2 nitrogen and oxygen atoms in total. The molecule has 0 aliphatic heterocycles. The maximum atomic E-state index is 10.8. The molecule has 5 rings (SSSR count). The predicted octanol–water partition coefficient (Wildman–Crippen LogP) is 3.10. The third kappa shape index (κ3) is 2.25. The minimum Gasteiger partial charge on any atom is -0.391 e. The van der Waals surface area contributed by atoms with Gasteiger partial charge < -0.3 is 10.4 Å². The fourth-order valence-corrected chi connectivity index (χ4v) is 6.21. The lowest BCUT2D eigenvalue weighted by atomic mass is 9.48. The Bertz CT molecular complexity index is 299. The number of rotatable bonds is 4. The number of aliphatic hydroxyl groups is 1. The first-order valence-corrected chi connectivity index (χ1v) is 8.65. The average Bonchev–Trinajstić information content (AvgIpc) is 2.87. The average molecular weight is 263 g/mol. The first-order valence-electron chi connectivity index (χ1n) is 8.65. The summed E-state index contributed by atoms with van der Waals surface area (Å²) in [5.74, 6) is 2.85. The van der Waals surface area contributed by atoms with E-state index in [0.717, 1.165) is 24.3 Å². The fraction of sp³-hybridized carbons (Fsp3) is 1.00. The van der Waals surface area contributed by atoms with Crippen LogP contribution < -0.4 is 5.32 Å². The zero-order chi connectivity index (χ0) is 12.9. The second kappa shape index (κ2) is 4.73. The molecule has 0 aromatic carbocycles. The molecule has 1 unspecified atom stereocenters. The van der Waals surface area contributed by atoms with Gasteiger partial charge in [0.2, 0.25) is 0 Å². The van der Waals surface area contributed by atoms with Crippen molar-refractivity contribution >= 4 is 0 Å². The van der Waals surface area contributed by atoms with Crippen molar-refractivity contribution in [2.24, 2.45) is 23.2 Å². The molecular formula is C17H29NO. The van der Waals surface area contributed by atoms with Crippen LogP contribution in [0, 0.1) is 23.2 Å². The Morgan fingerprint density at radius 1 is 0.947 bits per heavy atom. The number of nitrogens with one attached hydrogen (secondary N) is 1. The fourth-order valence-electron chi connectivity index (χ4n) is 6.21. The summed E-state index contributed by atoms with van der Waals surface area (Å²) in [4.78, 5) is 0. The van der Waals surface area contributed by atoms with Gasteiger partial charge in [-0.3, -0.25) is 0 Å². The van der Waals surface area contributed by atoms with E-state index in [0.29, 0.717) is 11.5 Å². The molecule has 5 aliphatic rings. The standard InChI is InChI=1S/C17H29NO/c19-16(11-18-15-3-1-2-4-15)17-8-12-5-13(9-17)7-14(6-12)10-17/h12-16,18-19H,1-11H2. The van der Waals surface area contributed by atoms with Crippen molar-refractivity contribution in [3.8, 4) is 0 Å². The van der Waals surface area contributed by atoms with E-state index < -0.39 is 0 Å². The van der Waals surface area contributed by atoms with Crippen molar-refractivity contribution in [1.82, 2.24) is 5.32 Å². The smallest absolute Gasteiger partial charge is 0.0721 e. The Morgan fingerprint density at radius 2 is 1.47 bits per heavy atom. The minimum atomic E-state index is -0.0819. The Morgan fingerprint density at radius 3 is 2.00 bits per heavy atom. The molecule has 5 fully saturated rings.